The molecule has 0 aromatic heterocycles. The molecule has 0 bridgehead atoms. The van der Waals surface area contributed by atoms with E-state index in [9.17, 15) is 4.79 Å². The van der Waals surface area contributed by atoms with Gasteiger partial charge in [0, 0.05) is 5.56 Å². The molecular weight excluding hydrogens is 210 g/mol. The highest BCUT2D eigenvalue weighted by Crippen LogP contribution is 2.10. The minimum Gasteiger partial charge on any atom is -0.303 e. The number of carbonyl (C=O) groups is 1. The molecule has 0 spiro atoms. The second-order valence-corrected chi connectivity index (χ2v) is 4.87. The van der Waals surface area contributed by atoms with Crippen LogP contribution in [0.15, 0.2) is 24.3 Å². The van der Waals surface area contributed by atoms with Crippen LogP contribution in [0.2, 0.25) is 0 Å². The minimum atomic E-state index is 0.768. The van der Waals surface area contributed by atoms with Crippen molar-refractivity contribution >= 4 is 6.29 Å². The van der Waals surface area contributed by atoms with E-state index in [4.69, 9.17) is 0 Å². The third-order valence-electron chi connectivity index (χ3n) is 3.50. The molecule has 0 amide bonds. The van der Waals surface area contributed by atoms with Crippen molar-refractivity contribution in [1.29, 1.82) is 0 Å². The lowest BCUT2D eigenvalue weighted by Crippen LogP contribution is -2.30. The zero-order chi connectivity index (χ0) is 11.9. The number of hydrogen-bond acceptors (Lipinski definition) is 2. The molecular formula is C15H21NO. The van der Waals surface area contributed by atoms with Crippen LogP contribution in [0.4, 0.5) is 0 Å². The van der Waals surface area contributed by atoms with Crippen LogP contribution in [0.5, 0.6) is 0 Å². The molecule has 0 radical (unpaired) electrons. The Labute approximate surface area is 104 Å². The highest BCUT2D eigenvalue weighted by molar-refractivity contribution is 5.74. The van der Waals surface area contributed by atoms with Gasteiger partial charge in [0.25, 0.3) is 0 Å². The summed E-state index contributed by atoms with van der Waals surface area (Å²) >= 11 is 0. The van der Waals surface area contributed by atoms with E-state index in [-0.39, 0.29) is 0 Å². The Morgan fingerprint density at radius 1 is 1.06 bits per heavy atom. The molecule has 2 nitrogen and oxygen atoms in total. The topological polar surface area (TPSA) is 20.3 Å². The molecule has 1 fully saturated rings. The Morgan fingerprint density at radius 2 is 1.76 bits per heavy atom. The summed E-state index contributed by atoms with van der Waals surface area (Å²) in [7, 11) is 0. The number of nitrogens with zero attached hydrogens (tertiary/aromatic N) is 1. The van der Waals surface area contributed by atoms with Gasteiger partial charge in [-0.3, -0.25) is 4.79 Å². The SMILES string of the molecule is O=Cc1ccc(CCCN2CCCCC2)cc1. The molecule has 1 saturated heterocycles. The number of aryl methyl sites for hydroxylation is 1. The van der Waals surface area contributed by atoms with Gasteiger partial charge in [0.05, 0.1) is 0 Å². The molecule has 1 aliphatic rings. The summed E-state index contributed by atoms with van der Waals surface area (Å²) in [4.78, 5) is 13.1. The summed E-state index contributed by atoms with van der Waals surface area (Å²) in [5.74, 6) is 0. The standard InChI is InChI=1S/C15H21NO/c17-13-15-8-6-14(7-9-15)5-4-12-16-10-2-1-3-11-16/h6-9,13H,1-5,10-12H2. The lowest BCUT2D eigenvalue weighted by molar-refractivity contribution is 0.112. The van der Waals surface area contributed by atoms with Crippen molar-refractivity contribution < 1.29 is 4.79 Å². The molecule has 1 heterocycles. The van der Waals surface area contributed by atoms with Gasteiger partial charge in [-0.25, -0.2) is 0 Å². The van der Waals surface area contributed by atoms with Crippen LogP contribution in [0.25, 0.3) is 0 Å². The van der Waals surface area contributed by atoms with Gasteiger partial charge in [-0.15, -0.1) is 0 Å². The first-order chi connectivity index (χ1) is 8.38. The van der Waals surface area contributed by atoms with Crippen LogP contribution < -0.4 is 0 Å². The molecule has 0 aliphatic carbocycles. The average Bonchev–Trinajstić information content (AvgIpc) is 2.41. The van der Waals surface area contributed by atoms with Gasteiger partial charge < -0.3 is 4.90 Å². The summed E-state index contributed by atoms with van der Waals surface area (Å²) < 4.78 is 0. The predicted octanol–water partition coefficient (Wildman–Crippen LogP) is 2.92. The van der Waals surface area contributed by atoms with Crippen LogP contribution in [-0.2, 0) is 6.42 Å². The first kappa shape index (κ1) is 12.3. The zero-order valence-electron chi connectivity index (χ0n) is 10.4. The largest absolute Gasteiger partial charge is 0.303 e. The van der Waals surface area contributed by atoms with E-state index in [2.05, 4.69) is 17.0 Å². The highest BCUT2D eigenvalue weighted by Gasteiger charge is 2.08. The fourth-order valence-corrected chi connectivity index (χ4v) is 2.45. The fourth-order valence-electron chi connectivity index (χ4n) is 2.45. The van der Waals surface area contributed by atoms with Crippen molar-refractivity contribution in [3.8, 4) is 0 Å². The van der Waals surface area contributed by atoms with Crippen LogP contribution in [-0.4, -0.2) is 30.8 Å². The van der Waals surface area contributed by atoms with Crippen molar-refractivity contribution in [3.05, 3.63) is 35.4 Å². The van der Waals surface area contributed by atoms with Crippen LogP contribution in [0.1, 0.15) is 41.6 Å². The van der Waals surface area contributed by atoms with Crippen molar-refractivity contribution in [2.24, 2.45) is 0 Å². The summed E-state index contributed by atoms with van der Waals surface area (Å²) in [6.07, 6.45) is 7.39. The van der Waals surface area contributed by atoms with Gasteiger partial charge in [0.1, 0.15) is 6.29 Å². The number of likely N-dealkylation sites (tertiary alicyclic amines) is 1. The molecule has 0 N–H and O–H groups in total. The Morgan fingerprint density at radius 3 is 2.41 bits per heavy atom. The Kier molecular flexibility index (Phi) is 4.75. The third-order valence-corrected chi connectivity index (χ3v) is 3.50. The van der Waals surface area contributed by atoms with E-state index in [0.29, 0.717) is 0 Å². The average molecular weight is 231 g/mol. The summed E-state index contributed by atoms with van der Waals surface area (Å²) in [6, 6.07) is 7.95. The van der Waals surface area contributed by atoms with Crippen molar-refractivity contribution in [3.63, 3.8) is 0 Å². The Bertz CT molecular complexity index is 338. The molecule has 1 aliphatic heterocycles. The van der Waals surface area contributed by atoms with E-state index in [1.807, 2.05) is 12.1 Å². The number of carbonyl (C=O) groups excluding carboxylic acids is 1. The van der Waals surface area contributed by atoms with E-state index in [0.717, 1.165) is 18.3 Å². The lowest BCUT2D eigenvalue weighted by Gasteiger charge is -2.26. The maximum absolute atomic E-state index is 10.5. The van der Waals surface area contributed by atoms with E-state index < -0.39 is 0 Å². The molecule has 2 heteroatoms. The molecule has 1 aromatic carbocycles. The van der Waals surface area contributed by atoms with E-state index in [1.54, 1.807) is 0 Å². The number of aldehydes is 1. The van der Waals surface area contributed by atoms with Gasteiger partial charge in [0.15, 0.2) is 0 Å². The summed E-state index contributed by atoms with van der Waals surface area (Å²) in [5.41, 5.74) is 2.11. The lowest BCUT2D eigenvalue weighted by atomic mass is 10.1. The smallest absolute Gasteiger partial charge is 0.150 e. The second-order valence-electron chi connectivity index (χ2n) is 4.87. The van der Waals surface area contributed by atoms with Gasteiger partial charge in [0.2, 0.25) is 0 Å². The predicted molar refractivity (Wildman–Crippen MR) is 70.4 cm³/mol. The maximum atomic E-state index is 10.5. The van der Waals surface area contributed by atoms with Gasteiger partial charge in [-0.1, -0.05) is 30.7 Å². The maximum Gasteiger partial charge on any atom is 0.150 e. The Hall–Kier alpha value is -1.15. The number of piperidine rings is 1. The highest BCUT2D eigenvalue weighted by atomic mass is 16.1. The fraction of sp³-hybridized carbons (Fsp3) is 0.533. The molecule has 2 rings (SSSR count). The normalized spacial score (nSPS) is 16.9. The van der Waals surface area contributed by atoms with E-state index in [1.165, 1.54) is 50.9 Å². The van der Waals surface area contributed by atoms with Gasteiger partial charge in [-0.2, -0.15) is 0 Å². The minimum absolute atomic E-state index is 0.768. The molecule has 1 aromatic rings. The first-order valence-corrected chi connectivity index (χ1v) is 6.65. The quantitative estimate of drug-likeness (QED) is 0.726. The number of benzene rings is 1. The molecule has 0 unspecified atom stereocenters. The van der Waals surface area contributed by atoms with Crippen molar-refractivity contribution in [1.82, 2.24) is 4.90 Å². The third kappa shape index (κ3) is 3.97. The summed E-state index contributed by atoms with van der Waals surface area (Å²) in [6.45, 7) is 3.78. The van der Waals surface area contributed by atoms with Gasteiger partial charge in [-0.05, 0) is 50.9 Å². The van der Waals surface area contributed by atoms with Crippen molar-refractivity contribution in [2.75, 3.05) is 19.6 Å². The second kappa shape index (κ2) is 6.55. The van der Waals surface area contributed by atoms with E-state index >= 15 is 0 Å². The number of hydrogen-bond donors (Lipinski definition) is 0. The van der Waals surface area contributed by atoms with Crippen LogP contribution in [0, 0.1) is 0 Å². The molecule has 0 atom stereocenters. The van der Waals surface area contributed by atoms with Crippen LogP contribution in [0.3, 0.4) is 0 Å². The molecule has 17 heavy (non-hydrogen) atoms. The number of rotatable bonds is 5. The summed E-state index contributed by atoms with van der Waals surface area (Å²) in [5, 5.41) is 0. The molecule has 0 saturated carbocycles. The zero-order valence-corrected chi connectivity index (χ0v) is 10.4. The van der Waals surface area contributed by atoms with Crippen molar-refractivity contribution in [2.45, 2.75) is 32.1 Å². The van der Waals surface area contributed by atoms with Gasteiger partial charge >= 0.3 is 0 Å². The van der Waals surface area contributed by atoms with Crippen LogP contribution >= 0.6 is 0 Å². The monoisotopic (exact) mass is 231 g/mol. The Balaban J connectivity index is 1.71. The molecule has 92 valence electrons. The first-order valence-electron chi connectivity index (χ1n) is 6.65.